The molecule has 0 atom stereocenters. The van der Waals surface area contributed by atoms with Gasteiger partial charge in [0.05, 0.1) is 12.2 Å². The van der Waals surface area contributed by atoms with E-state index in [-0.39, 0.29) is 18.2 Å². The van der Waals surface area contributed by atoms with Gasteiger partial charge < -0.3 is 15.0 Å². The molecule has 0 aliphatic carbocycles. The number of esters is 1. The van der Waals surface area contributed by atoms with E-state index in [1.807, 2.05) is 13.8 Å². The molecule has 0 bridgehead atoms. The van der Waals surface area contributed by atoms with Crippen LogP contribution < -0.4 is 5.32 Å². The molecule has 1 N–H and O–H groups in total. The van der Waals surface area contributed by atoms with Gasteiger partial charge in [0.25, 0.3) is 0 Å². The van der Waals surface area contributed by atoms with Crippen molar-refractivity contribution in [3.05, 3.63) is 29.8 Å². The summed E-state index contributed by atoms with van der Waals surface area (Å²) in [7, 11) is 0. The maximum Gasteiger partial charge on any atom is 0.338 e. The van der Waals surface area contributed by atoms with Gasteiger partial charge in [-0.05, 0) is 45.0 Å². The second kappa shape index (κ2) is 8.81. The second-order valence-electron chi connectivity index (χ2n) is 4.59. The Morgan fingerprint density at radius 1 is 1.05 bits per heavy atom. The minimum atomic E-state index is -0.405. The van der Waals surface area contributed by atoms with E-state index in [9.17, 15) is 14.4 Å². The zero-order chi connectivity index (χ0) is 16.5. The highest BCUT2D eigenvalue weighted by molar-refractivity contribution is 6.03. The number of ether oxygens (including phenoxy) is 1. The van der Waals surface area contributed by atoms with Crippen molar-refractivity contribution in [3.63, 3.8) is 0 Å². The summed E-state index contributed by atoms with van der Waals surface area (Å²) in [5.74, 6) is -0.983. The molecule has 6 heteroatoms. The maximum atomic E-state index is 11.8. The summed E-state index contributed by atoms with van der Waals surface area (Å²) in [6, 6.07) is 6.34. The van der Waals surface area contributed by atoms with Gasteiger partial charge in [0.15, 0.2) is 0 Å². The van der Waals surface area contributed by atoms with Crippen molar-refractivity contribution < 1.29 is 19.1 Å². The lowest BCUT2D eigenvalue weighted by atomic mass is 10.2. The molecule has 22 heavy (non-hydrogen) atoms. The summed E-state index contributed by atoms with van der Waals surface area (Å²) >= 11 is 0. The smallest absolute Gasteiger partial charge is 0.338 e. The molecule has 0 saturated heterocycles. The third-order valence-electron chi connectivity index (χ3n) is 3.11. The van der Waals surface area contributed by atoms with E-state index in [0.717, 1.165) is 0 Å². The van der Waals surface area contributed by atoms with E-state index in [1.54, 1.807) is 36.1 Å². The molecule has 1 rings (SSSR count). The lowest BCUT2D eigenvalue weighted by molar-refractivity contribution is -0.134. The molecular weight excluding hydrogens is 284 g/mol. The van der Waals surface area contributed by atoms with Gasteiger partial charge in [0, 0.05) is 18.8 Å². The fraction of sp³-hybridized carbons (Fsp3) is 0.438. The van der Waals surface area contributed by atoms with Crippen LogP contribution in [-0.4, -0.2) is 42.4 Å². The van der Waals surface area contributed by atoms with Crippen LogP contribution in [-0.2, 0) is 14.3 Å². The van der Waals surface area contributed by atoms with Gasteiger partial charge in [-0.2, -0.15) is 0 Å². The van der Waals surface area contributed by atoms with Crippen LogP contribution in [0.4, 0.5) is 5.69 Å². The quantitative estimate of drug-likeness (QED) is 0.618. The van der Waals surface area contributed by atoms with E-state index in [1.165, 1.54) is 0 Å². The van der Waals surface area contributed by atoms with Gasteiger partial charge in [0.2, 0.25) is 11.8 Å². The zero-order valence-electron chi connectivity index (χ0n) is 13.2. The highest BCUT2D eigenvalue weighted by Gasteiger charge is 2.14. The summed E-state index contributed by atoms with van der Waals surface area (Å²) in [6.45, 7) is 6.94. The minimum Gasteiger partial charge on any atom is -0.462 e. The van der Waals surface area contributed by atoms with Crippen LogP contribution >= 0.6 is 0 Å². The van der Waals surface area contributed by atoms with Crippen molar-refractivity contribution in [1.29, 1.82) is 0 Å². The SMILES string of the molecule is CCOC(=O)c1ccc(NC(=O)CC(=O)N(CC)CC)cc1. The predicted octanol–water partition coefficient (Wildman–Crippen LogP) is 2.06. The number of amides is 2. The first-order valence-electron chi connectivity index (χ1n) is 7.36. The third-order valence-corrected chi connectivity index (χ3v) is 3.11. The lowest BCUT2D eigenvalue weighted by Crippen LogP contribution is -2.33. The predicted molar refractivity (Wildman–Crippen MR) is 83.6 cm³/mol. The summed E-state index contributed by atoms with van der Waals surface area (Å²) in [5.41, 5.74) is 0.949. The fourth-order valence-corrected chi connectivity index (χ4v) is 1.93. The second-order valence-corrected chi connectivity index (χ2v) is 4.59. The van der Waals surface area contributed by atoms with Crippen molar-refractivity contribution in [2.45, 2.75) is 27.2 Å². The average Bonchev–Trinajstić information content (AvgIpc) is 2.49. The molecule has 0 spiro atoms. The first kappa shape index (κ1) is 17.7. The first-order chi connectivity index (χ1) is 10.5. The third kappa shape index (κ3) is 5.20. The van der Waals surface area contributed by atoms with Crippen LogP contribution in [0.1, 0.15) is 37.6 Å². The Morgan fingerprint density at radius 3 is 2.14 bits per heavy atom. The summed E-state index contributed by atoms with van der Waals surface area (Å²) < 4.78 is 4.88. The molecule has 0 heterocycles. The van der Waals surface area contributed by atoms with Gasteiger partial charge in [-0.3, -0.25) is 9.59 Å². The Balaban J connectivity index is 2.58. The lowest BCUT2D eigenvalue weighted by Gasteiger charge is -2.18. The van der Waals surface area contributed by atoms with Gasteiger partial charge in [0.1, 0.15) is 6.42 Å². The van der Waals surface area contributed by atoms with Crippen LogP contribution in [0.15, 0.2) is 24.3 Å². The molecule has 0 aliphatic heterocycles. The van der Waals surface area contributed by atoms with Crippen LogP contribution in [0, 0.1) is 0 Å². The standard InChI is InChI=1S/C16H22N2O4/c1-4-18(5-2)15(20)11-14(19)17-13-9-7-12(8-10-13)16(21)22-6-3/h7-10H,4-6,11H2,1-3H3,(H,17,19). The van der Waals surface area contributed by atoms with Crippen LogP contribution in [0.5, 0.6) is 0 Å². The topological polar surface area (TPSA) is 75.7 Å². The number of nitrogens with zero attached hydrogens (tertiary/aromatic N) is 1. The van der Waals surface area contributed by atoms with Crippen molar-refractivity contribution in [2.24, 2.45) is 0 Å². The maximum absolute atomic E-state index is 11.8. The first-order valence-corrected chi connectivity index (χ1v) is 7.36. The number of anilines is 1. The molecule has 1 aromatic carbocycles. The highest BCUT2D eigenvalue weighted by atomic mass is 16.5. The van der Waals surface area contributed by atoms with Gasteiger partial charge in [-0.15, -0.1) is 0 Å². The van der Waals surface area contributed by atoms with Gasteiger partial charge in [-0.25, -0.2) is 4.79 Å². The molecule has 0 fully saturated rings. The Morgan fingerprint density at radius 2 is 1.64 bits per heavy atom. The zero-order valence-corrected chi connectivity index (χ0v) is 13.2. The molecule has 120 valence electrons. The number of carbonyl (C=O) groups excluding carboxylic acids is 3. The van der Waals surface area contributed by atoms with Crippen LogP contribution in [0.25, 0.3) is 0 Å². The van der Waals surface area contributed by atoms with Crippen molar-refractivity contribution in [2.75, 3.05) is 25.0 Å². The molecule has 0 unspecified atom stereocenters. The minimum absolute atomic E-state index is 0.193. The average molecular weight is 306 g/mol. The summed E-state index contributed by atoms with van der Waals surface area (Å²) in [4.78, 5) is 36.8. The Labute approximate surface area is 130 Å². The molecule has 6 nitrogen and oxygen atoms in total. The highest BCUT2D eigenvalue weighted by Crippen LogP contribution is 2.11. The van der Waals surface area contributed by atoms with Gasteiger partial charge in [-0.1, -0.05) is 0 Å². The number of rotatable bonds is 7. The molecule has 0 aliphatic rings. The molecular formula is C16H22N2O4. The van der Waals surface area contributed by atoms with Crippen molar-refractivity contribution in [1.82, 2.24) is 4.90 Å². The number of hydrogen-bond acceptors (Lipinski definition) is 4. The number of benzene rings is 1. The molecule has 2 amide bonds. The Hall–Kier alpha value is -2.37. The van der Waals surface area contributed by atoms with Gasteiger partial charge >= 0.3 is 5.97 Å². The Bertz CT molecular complexity index is 521. The number of hydrogen-bond donors (Lipinski definition) is 1. The largest absolute Gasteiger partial charge is 0.462 e. The summed E-state index contributed by atoms with van der Waals surface area (Å²) in [6.07, 6.45) is -0.193. The number of nitrogens with one attached hydrogen (secondary N) is 1. The normalized spacial score (nSPS) is 9.95. The van der Waals surface area contributed by atoms with E-state index < -0.39 is 5.97 Å². The van der Waals surface area contributed by atoms with E-state index in [4.69, 9.17) is 4.74 Å². The van der Waals surface area contributed by atoms with Crippen molar-refractivity contribution in [3.8, 4) is 0 Å². The molecule has 0 aromatic heterocycles. The van der Waals surface area contributed by atoms with Crippen molar-refractivity contribution >= 4 is 23.5 Å². The number of carbonyl (C=O) groups is 3. The fourth-order valence-electron chi connectivity index (χ4n) is 1.93. The summed E-state index contributed by atoms with van der Waals surface area (Å²) in [5, 5.41) is 2.64. The van der Waals surface area contributed by atoms with E-state index in [0.29, 0.717) is 30.9 Å². The molecule has 0 radical (unpaired) electrons. The van der Waals surface area contributed by atoms with E-state index >= 15 is 0 Å². The monoisotopic (exact) mass is 306 g/mol. The van der Waals surface area contributed by atoms with Crippen LogP contribution in [0.2, 0.25) is 0 Å². The van der Waals surface area contributed by atoms with Crippen LogP contribution in [0.3, 0.4) is 0 Å². The van der Waals surface area contributed by atoms with E-state index in [2.05, 4.69) is 5.32 Å². The molecule has 0 saturated carbocycles. The Kier molecular flexibility index (Phi) is 7.08. The molecule has 1 aromatic rings.